The van der Waals surface area contributed by atoms with Gasteiger partial charge >= 0.3 is 5.97 Å². The van der Waals surface area contributed by atoms with Gasteiger partial charge in [-0.2, -0.15) is 0 Å². The number of aliphatic carboxylic acids is 1. The highest BCUT2D eigenvalue weighted by molar-refractivity contribution is 5.80. The number of phenolic OH excluding ortho intramolecular Hbond substituents is 1. The predicted octanol–water partition coefficient (Wildman–Crippen LogP) is 4.27. The van der Waals surface area contributed by atoms with Crippen molar-refractivity contribution in [1.29, 1.82) is 0 Å². The second-order valence-electron chi connectivity index (χ2n) is 9.30. The Morgan fingerprint density at radius 3 is 2.26 bits per heavy atom. The van der Waals surface area contributed by atoms with Crippen LogP contribution in [0.15, 0.2) is 42.5 Å². The van der Waals surface area contributed by atoms with Crippen LogP contribution in [0.3, 0.4) is 0 Å². The Hall–Kier alpha value is -3.00. The molecule has 182 valence electrons. The van der Waals surface area contributed by atoms with Gasteiger partial charge in [0, 0.05) is 37.2 Å². The molecule has 2 aromatic carbocycles. The van der Waals surface area contributed by atoms with E-state index >= 15 is 0 Å². The predicted molar refractivity (Wildman–Crippen MR) is 122 cm³/mol. The van der Waals surface area contributed by atoms with Crippen LogP contribution >= 0.6 is 0 Å². The lowest BCUT2D eigenvalue weighted by atomic mass is 9.85. The fourth-order valence-electron chi connectivity index (χ4n) is 5.46. The average molecular weight is 473 g/mol. The molecule has 3 atom stereocenters. The molecule has 2 N–H and O–H groups in total. The Morgan fingerprint density at radius 2 is 1.65 bits per heavy atom. The zero-order chi connectivity index (χ0) is 24.2. The molecule has 4 rings (SSSR count). The van der Waals surface area contributed by atoms with Gasteiger partial charge < -0.3 is 15.1 Å². The molecule has 2 fully saturated rings. The van der Waals surface area contributed by atoms with Crippen molar-refractivity contribution in [3.8, 4) is 5.75 Å². The number of rotatable bonds is 9. The normalized spacial score (nSPS) is 22.0. The third-order valence-corrected chi connectivity index (χ3v) is 7.17. The Kier molecular flexibility index (Phi) is 7.46. The molecular weight excluding hydrogens is 442 g/mol. The second-order valence-corrected chi connectivity index (χ2v) is 9.30. The zero-order valence-electron chi connectivity index (χ0n) is 19.0. The van der Waals surface area contributed by atoms with Crippen molar-refractivity contribution in [2.45, 2.75) is 63.1 Å². The van der Waals surface area contributed by atoms with E-state index in [1.54, 1.807) is 6.07 Å². The lowest BCUT2D eigenvalue weighted by Gasteiger charge is -2.40. The van der Waals surface area contributed by atoms with Gasteiger partial charge in [-0.1, -0.05) is 18.2 Å². The summed E-state index contributed by atoms with van der Waals surface area (Å²) in [5.41, 5.74) is 0.953. The van der Waals surface area contributed by atoms with Crippen molar-refractivity contribution in [3.63, 3.8) is 0 Å². The summed E-state index contributed by atoms with van der Waals surface area (Å²) in [6.45, 7) is 0.610. The van der Waals surface area contributed by atoms with Crippen molar-refractivity contribution in [1.82, 2.24) is 9.80 Å². The molecule has 2 heterocycles. The molecule has 0 aromatic heterocycles. The summed E-state index contributed by atoms with van der Waals surface area (Å²) in [7, 11) is 0. The Labute approximate surface area is 197 Å². The van der Waals surface area contributed by atoms with Gasteiger partial charge in [-0.05, 0) is 61.4 Å². The molecule has 2 aliphatic heterocycles. The SMILES string of the molecule is O=C(O)CCC(=O)N(CCN1[C@@H]2CC[C@H]1CC(c1cccc(O)c1)C2)Cc1c(F)cccc1F. The minimum atomic E-state index is -1.09. The van der Waals surface area contributed by atoms with E-state index in [0.717, 1.165) is 43.4 Å². The summed E-state index contributed by atoms with van der Waals surface area (Å²) in [5, 5.41) is 18.8. The maximum atomic E-state index is 14.2. The van der Waals surface area contributed by atoms with Gasteiger partial charge in [-0.3, -0.25) is 14.5 Å². The van der Waals surface area contributed by atoms with Crippen LogP contribution in [0.5, 0.6) is 5.75 Å². The number of carbonyl (C=O) groups is 2. The quantitative estimate of drug-likeness (QED) is 0.570. The third kappa shape index (κ3) is 5.55. The summed E-state index contributed by atoms with van der Waals surface area (Å²) < 4.78 is 28.5. The topological polar surface area (TPSA) is 81.1 Å². The van der Waals surface area contributed by atoms with E-state index in [1.165, 1.54) is 11.0 Å². The number of carboxylic acids is 1. The van der Waals surface area contributed by atoms with Crippen molar-refractivity contribution >= 4 is 11.9 Å². The highest BCUT2D eigenvalue weighted by Gasteiger charge is 2.41. The molecular formula is C26H30F2N2O4. The van der Waals surface area contributed by atoms with Gasteiger partial charge in [0.1, 0.15) is 17.4 Å². The van der Waals surface area contributed by atoms with Crippen molar-refractivity contribution < 1.29 is 28.6 Å². The summed E-state index contributed by atoms with van der Waals surface area (Å²) in [6.07, 6.45) is 3.47. The first-order chi connectivity index (χ1) is 16.3. The van der Waals surface area contributed by atoms with Crippen LogP contribution in [-0.4, -0.2) is 57.1 Å². The fraction of sp³-hybridized carbons (Fsp3) is 0.462. The zero-order valence-corrected chi connectivity index (χ0v) is 19.0. The van der Waals surface area contributed by atoms with Gasteiger partial charge in [-0.15, -0.1) is 0 Å². The minimum absolute atomic E-state index is 0.184. The highest BCUT2D eigenvalue weighted by atomic mass is 19.1. The maximum Gasteiger partial charge on any atom is 0.303 e. The first-order valence-corrected chi connectivity index (χ1v) is 11.8. The number of hydrogen-bond donors (Lipinski definition) is 2. The molecule has 34 heavy (non-hydrogen) atoms. The molecule has 1 amide bonds. The van der Waals surface area contributed by atoms with Crippen LogP contribution in [-0.2, 0) is 16.1 Å². The Balaban J connectivity index is 1.43. The summed E-state index contributed by atoms with van der Waals surface area (Å²) in [6, 6.07) is 11.7. The number of carboxylic acid groups (broad SMARTS) is 1. The number of aromatic hydroxyl groups is 1. The fourth-order valence-corrected chi connectivity index (χ4v) is 5.46. The summed E-state index contributed by atoms with van der Waals surface area (Å²) in [5.74, 6) is -2.32. The molecule has 0 radical (unpaired) electrons. The van der Waals surface area contributed by atoms with Gasteiger partial charge in [-0.25, -0.2) is 8.78 Å². The summed E-state index contributed by atoms with van der Waals surface area (Å²) >= 11 is 0. The number of phenols is 1. The average Bonchev–Trinajstić information content (AvgIpc) is 3.03. The minimum Gasteiger partial charge on any atom is -0.508 e. The van der Waals surface area contributed by atoms with Gasteiger partial charge in [0.25, 0.3) is 0 Å². The van der Waals surface area contributed by atoms with Crippen LogP contribution in [0.4, 0.5) is 8.78 Å². The molecule has 2 aliphatic rings. The number of carbonyl (C=O) groups excluding carboxylic acids is 1. The molecule has 0 saturated carbocycles. The molecule has 1 unspecified atom stereocenters. The van der Waals surface area contributed by atoms with Crippen molar-refractivity contribution in [2.24, 2.45) is 0 Å². The first kappa shape index (κ1) is 24.1. The van der Waals surface area contributed by atoms with E-state index in [4.69, 9.17) is 5.11 Å². The van der Waals surface area contributed by atoms with E-state index in [0.29, 0.717) is 24.5 Å². The van der Waals surface area contributed by atoms with E-state index < -0.39 is 23.5 Å². The van der Waals surface area contributed by atoms with Crippen LogP contribution in [0.25, 0.3) is 0 Å². The van der Waals surface area contributed by atoms with Gasteiger partial charge in [0.2, 0.25) is 5.91 Å². The van der Waals surface area contributed by atoms with Crippen LogP contribution in [0.2, 0.25) is 0 Å². The number of fused-ring (bicyclic) bond motifs is 2. The molecule has 2 bridgehead atoms. The molecule has 8 heteroatoms. The number of halogens is 2. The first-order valence-electron chi connectivity index (χ1n) is 11.8. The molecule has 2 saturated heterocycles. The molecule has 0 aliphatic carbocycles. The molecule has 0 spiro atoms. The second kappa shape index (κ2) is 10.5. The van der Waals surface area contributed by atoms with E-state index in [-0.39, 0.29) is 37.2 Å². The van der Waals surface area contributed by atoms with Gasteiger partial charge in [0.05, 0.1) is 13.0 Å². The Bertz CT molecular complexity index is 1010. The lowest BCUT2D eigenvalue weighted by molar-refractivity contribution is -0.141. The van der Waals surface area contributed by atoms with E-state index in [9.17, 15) is 23.5 Å². The summed E-state index contributed by atoms with van der Waals surface area (Å²) in [4.78, 5) is 27.5. The molecule has 6 nitrogen and oxygen atoms in total. The standard InChI is InChI=1S/C26H30F2N2O4/c27-23-5-2-6-24(28)22(23)16-29(25(32)9-10-26(33)34)11-12-30-19-7-8-20(30)14-18(13-19)17-3-1-4-21(31)15-17/h1-6,15,18-20,31H,7-14,16H2,(H,33,34)/t18?,19-,20+. The third-order valence-electron chi connectivity index (χ3n) is 7.17. The van der Waals surface area contributed by atoms with E-state index in [2.05, 4.69) is 4.90 Å². The van der Waals surface area contributed by atoms with Crippen LogP contribution in [0.1, 0.15) is 55.6 Å². The molecule has 2 aromatic rings. The van der Waals surface area contributed by atoms with Crippen molar-refractivity contribution in [3.05, 3.63) is 65.2 Å². The number of benzene rings is 2. The monoisotopic (exact) mass is 472 g/mol. The van der Waals surface area contributed by atoms with E-state index in [1.807, 2.05) is 18.2 Å². The number of hydrogen-bond acceptors (Lipinski definition) is 4. The van der Waals surface area contributed by atoms with Crippen LogP contribution < -0.4 is 0 Å². The number of piperidine rings is 1. The largest absolute Gasteiger partial charge is 0.508 e. The number of nitrogens with zero attached hydrogens (tertiary/aromatic N) is 2. The lowest BCUT2D eigenvalue weighted by Crippen LogP contribution is -2.46. The maximum absolute atomic E-state index is 14.2. The smallest absolute Gasteiger partial charge is 0.303 e. The van der Waals surface area contributed by atoms with Crippen LogP contribution in [0, 0.1) is 11.6 Å². The van der Waals surface area contributed by atoms with Gasteiger partial charge in [0.15, 0.2) is 0 Å². The number of amides is 1. The van der Waals surface area contributed by atoms with Crippen molar-refractivity contribution in [2.75, 3.05) is 13.1 Å². The highest BCUT2D eigenvalue weighted by Crippen LogP contribution is 2.43. The Morgan fingerprint density at radius 1 is 1.00 bits per heavy atom.